The number of aromatic hydroxyl groups is 1. The van der Waals surface area contributed by atoms with Crippen molar-refractivity contribution in [2.75, 3.05) is 26.2 Å². The van der Waals surface area contributed by atoms with Gasteiger partial charge in [-0.05, 0) is 35.8 Å². The second-order valence-electron chi connectivity index (χ2n) is 6.32. The molecule has 1 aromatic heterocycles. The Bertz CT molecular complexity index is 691. The van der Waals surface area contributed by atoms with Crippen LogP contribution in [0.5, 0.6) is 5.75 Å². The molecule has 3 rings (SSSR count). The van der Waals surface area contributed by atoms with E-state index in [2.05, 4.69) is 28.1 Å². The molecule has 0 spiro atoms. The monoisotopic (exact) mass is 346 g/mol. The summed E-state index contributed by atoms with van der Waals surface area (Å²) < 4.78 is 4.39. The van der Waals surface area contributed by atoms with Crippen LogP contribution in [-0.4, -0.2) is 56.4 Å². The molecule has 1 N–H and O–H groups in total. The first-order valence-electron chi connectivity index (χ1n) is 8.16. The number of aromatic nitrogens is 2. The largest absolute Gasteiger partial charge is 0.508 e. The standard InChI is InChI=1S/C17H22N4O2S/c1-12(2)16-18-15(24-19-16)11-20-7-9-21(10-8-20)17(23)13-3-5-14(22)6-4-13/h3-6,12,22H,7-11H2,1-2H3. The number of amides is 1. The zero-order valence-electron chi connectivity index (χ0n) is 14.0. The highest BCUT2D eigenvalue weighted by Crippen LogP contribution is 2.17. The Morgan fingerprint density at radius 1 is 1.21 bits per heavy atom. The summed E-state index contributed by atoms with van der Waals surface area (Å²) in [5, 5.41) is 10.4. The maximum Gasteiger partial charge on any atom is 0.253 e. The fourth-order valence-corrected chi connectivity index (χ4v) is 3.48. The highest BCUT2D eigenvalue weighted by Gasteiger charge is 2.23. The SMILES string of the molecule is CC(C)c1nsc(CN2CCN(C(=O)c3ccc(O)cc3)CC2)n1. The number of piperazine rings is 1. The smallest absolute Gasteiger partial charge is 0.253 e. The van der Waals surface area contributed by atoms with Crippen LogP contribution in [0, 0.1) is 0 Å². The molecule has 128 valence electrons. The summed E-state index contributed by atoms with van der Waals surface area (Å²) in [6, 6.07) is 6.42. The van der Waals surface area contributed by atoms with E-state index in [0.717, 1.165) is 30.5 Å². The van der Waals surface area contributed by atoms with Crippen LogP contribution in [0.2, 0.25) is 0 Å². The zero-order chi connectivity index (χ0) is 17.1. The number of rotatable bonds is 4. The normalized spacial score (nSPS) is 15.9. The molecule has 0 radical (unpaired) electrons. The topological polar surface area (TPSA) is 69.6 Å². The summed E-state index contributed by atoms with van der Waals surface area (Å²) in [5.74, 6) is 1.47. The van der Waals surface area contributed by atoms with Crippen molar-refractivity contribution >= 4 is 17.4 Å². The maximum absolute atomic E-state index is 12.5. The van der Waals surface area contributed by atoms with Crippen LogP contribution in [0.25, 0.3) is 0 Å². The molecule has 7 heteroatoms. The fourth-order valence-electron chi connectivity index (χ4n) is 2.65. The summed E-state index contributed by atoms with van der Waals surface area (Å²) in [5.41, 5.74) is 0.618. The molecule has 1 aliphatic heterocycles. The number of phenols is 1. The molecule has 0 saturated carbocycles. The minimum atomic E-state index is 0.0210. The van der Waals surface area contributed by atoms with Gasteiger partial charge in [-0.1, -0.05) is 13.8 Å². The van der Waals surface area contributed by atoms with Crippen molar-refractivity contribution in [2.45, 2.75) is 26.3 Å². The van der Waals surface area contributed by atoms with E-state index in [1.54, 1.807) is 24.3 Å². The molecule has 2 aromatic rings. The Labute approximate surface area is 145 Å². The minimum absolute atomic E-state index is 0.0210. The zero-order valence-corrected chi connectivity index (χ0v) is 14.8. The van der Waals surface area contributed by atoms with Gasteiger partial charge in [0.1, 0.15) is 16.6 Å². The third-order valence-electron chi connectivity index (χ3n) is 4.13. The molecule has 0 unspecified atom stereocenters. The van der Waals surface area contributed by atoms with Crippen LogP contribution >= 0.6 is 11.5 Å². The van der Waals surface area contributed by atoms with Gasteiger partial charge in [-0.15, -0.1) is 0 Å². The maximum atomic E-state index is 12.5. The van der Waals surface area contributed by atoms with Gasteiger partial charge in [0.05, 0.1) is 6.54 Å². The van der Waals surface area contributed by atoms with Crippen LogP contribution < -0.4 is 0 Å². The first-order chi connectivity index (χ1) is 11.5. The summed E-state index contributed by atoms with van der Waals surface area (Å²) in [6.07, 6.45) is 0. The molecule has 0 aliphatic carbocycles. The molecule has 6 nitrogen and oxygen atoms in total. The summed E-state index contributed by atoms with van der Waals surface area (Å²) >= 11 is 1.47. The van der Waals surface area contributed by atoms with E-state index in [-0.39, 0.29) is 11.7 Å². The first-order valence-corrected chi connectivity index (χ1v) is 8.93. The first kappa shape index (κ1) is 16.9. The Morgan fingerprint density at radius 3 is 2.46 bits per heavy atom. The van der Waals surface area contributed by atoms with Crippen LogP contribution in [0.3, 0.4) is 0 Å². The quantitative estimate of drug-likeness (QED) is 0.920. The molecule has 24 heavy (non-hydrogen) atoms. The lowest BCUT2D eigenvalue weighted by Crippen LogP contribution is -2.48. The van der Waals surface area contributed by atoms with Crippen molar-refractivity contribution in [2.24, 2.45) is 0 Å². The van der Waals surface area contributed by atoms with Crippen molar-refractivity contribution in [1.29, 1.82) is 0 Å². The lowest BCUT2D eigenvalue weighted by Gasteiger charge is -2.34. The highest BCUT2D eigenvalue weighted by atomic mass is 32.1. The van der Waals surface area contributed by atoms with Crippen LogP contribution in [-0.2, 0) is 6.54 Å². The van der Waals surface area contributed by atoms with Gasteiger partial charge in [-0.2, -0.15) is 4.37 Å². The van der Waals surface area contributed by atoms with Crippen molar-refractivity contribution in [3.8, 4) is 5.75 Å². The van der Waals surface area contributed by atoms with Crippen molar-refractivity contribution in [3.05, 3.63) is 40.7 Å². The Kier molecular flexibility index (Phi) is 5.11. The molecule has 1 amide bonds. The van der Waals surface area contributed by atoms with Gasteiger partial charge < -0.3 is 10.0 Å². The van der Waals surface area contributed by atoms with E-state index in [9.17, 15) is 9.90 Å². The van der Waals surface area contributed by atoms with Crippen molar-refractivity contribution in [1.82, 2.24) is 19.2 Å². The van der Waals surface area contributed by atoms with Gasteiger partial charge in [-0.25, -0.2) is 4.98 Å². The number of hydrogen-bond acceptors (Lipinski definition) is 6. The lowest BCUT2D eigenvalue weighted by molar-refractivity contribution is 0.0628. The summed E-state index contributed by atoms with van der Waals surface area (Å²) in [4.78, 5) is 21.2. The average Bonchev–Trinajstić information content (AvgIpc) is 3.04. The summed E-state index contributed by atoms with van der Waals surface area (Å²) in [6.45, 7) is 8.07. The second kappa shape index (κ2) is 7.27. The number of carbonyl (C=O) groups is 1. The van der Waals surface area contributed by atoms with E-state index in [4.69, 9.17) is 0 Å². The third-order valence-corrected chi connectivity index (χ3v) is 4.84. The van der Waals surface area contributed by atoms with Gasteiger partial charge in [0.25, 0.3) is 5.91 Å². The lowest BCUT2D eigenvalue weighted by atomic mass is 10.1. The van der Waals surface area contributed by atoms with Gasteiger partial charge in [0, 0.05) is 37.7 Å². The third kappa shape index (κ3) is 3.91. The van der Waals surface area contributed by atoms with E-state index in [1.165, 1.54) is 11.5 Å². The van der Waals surface area contributed by atoms with Gasteiger partial charge >= 0.3 is 0 Å². The van der Waals surface area contributed by atoms with E-state index in [1.807, 2.05) is 4.90 Å². The van der Waals surface area contributed by atoms with Gasteiger partial charge in [0.15, 0.2) is 0 Å². The van der Waals surface area contributed by atoms with E-state index >= 15 is 0 Å². The second-order valence-corrected chi connectivity index (χ2v) is 7.15. The van der Waals surface area contributed by atoms with Crippen molar-refractivity contribution in [3.63, 3.8) is 0 Å². The van der Waals surface area contributed by atoms with Gasteiger partial charge in [-0.3, -0.25) is 9.69 Å². The predicted octanol–water partition coefficient (Wildman–Crippen LogP) is 2.33. The molecule has 1 aliphatic rings. The highest BCUT2D eigenvalue weighted by molar-refractivity contribution is 7.05. The summed E-state index contributed by atoms with van der Waals surface area (Å²) in [7, 11) is 0. The Balaban J connectivity index is 1.53. The molecule has 0 bridgehead atoms. The predicted molar refractivity (Wildman–Crippen MR) is 93.3 cm³/mol. The molecular formula is C17H22N4O2S. The minimum Gasteiger partial charge on any atom is -0.508 e. The molecule has 1 aromatic carbocycles. The number of hydrogen-bond donors (Lipinski definition) is 1. The molecule has 1 saturated heterocycles. The number of benzene rings is 1. The number of phenolic OH excluding ortho intramolecular Hbond substituents is 1. The molecule has 1 fully saturated rings. The van der Waals surface area contributed by atoms with Crippen LogP contribution in [0.15, 0.2) is 24.3 Å². The molecule has 0 atom stereocenters. The fraction of sp³-hybridized carbons (Fsp3) is 0.471. The average molecular weight is 346 g/mol. The number of nitrogens with zero attached hydrogens (tertiary/aromatic N) is 4. The molecule has 2 heterocycles. The van der Waals surface area contributed by atoms with E-state index in [0.29, 0.717) is 24.6 Å². The van der Waals surface area contributed by atoms with Crippen LogP contribution in [0.4, 0.5) is 0 Å². The molecular weight excluding hydrogens is 324 g/mol. The Hall–Kier alpha value is -1.99. The van der Waals surface area contributed by atoms with Gasteiger partial charge in [0.2, 0.25) is 0 Å². The van der Waals surface area contributed by atoms with E-state index < -0.39 is 0 Å². The number of carbonyl (C=O) groups excluding carboxylic acids is 1. The Morgan fingerprint density at radius 2 is 1.88 bits per heavy atom. The van der Waals surface area contributed by atoms with Crippen LogP contribution in [0.1, 0.15) is 41.0 Å². The van der Waals surface area contributed by atoms with Crippen molar-refractivity contribution < 1.29 is 9.90 Å².